The van der Waals surface area contributed by atoms with Crippen LogP contribution in [0.1, 0.15) is 21.5 Å². The first-order valence-electron chi connectivity index (χ1n) is 9.62. The van der Waals surface area contributed by atoms with Gasteiger partial charge in [-0.2, -0.15) is 5.10 Å². The molecule has 2 N–H and O–H groups in total. The first kappa shape index (κ1) is 22.2. The molecule has 8 heteroatoms. The number of ether oxygens (including phenoxy) is 2. The van der Waals surface area contributed by atoms with Crippen LogP contribution in [0.25, 0.3) is 0 Å². The summed E-state index contributed by atoms with van der Waals surface area (Å²) in [5, 5.41) is 6.27. The average molecular weight is 431 g/mol. The molecule has 3 aromatic carbocycles. The topological polar surface area (TPSA) is 106 Å². The Kier molecular flexibility index (Phi) is 7.32. The number of anilines is 1. The van der Waals surface area contributed by atoms with E-state index in [1.54, 1.807) is 73.8 Å². The maximum atomic E-state index is 12.3. The number of nitrogens with one attached hydrogen (secondary N) is 2. The van der Waals surface area contributed by atoms with E-state index in [2.05, 4.69) is 15.8 Å². The van der Waals surface area contributed by atoms with Crippen molar-refractivity contribution in [3.05, 3.63) is 89.5 Å². The second kappa shape index (κ2) is 10.5. The van der Waals surface area contributed by atoms with E-state index in [4.69, 9.17) is 9.47 Å². The lowest BCUT2D eigenvalue weighted by Gasteiger charge is -2.06. The third kappa shape index (κ3) is 6.27. The van der Waals surface area contributed by atoms with Crippen LogP contribution in [-0.2, 0) is 9.59 Å². The van der Waals surface area contributed by atoms with Gasteiger partial charge in [-0.3, -0.25) is 9.59 Å². The number of esters is 1. The molecule has 0 atom stereocenters. The summed E-state index contributed by atoms with van der Waals surface area (Å²) >= 11 is 0. The number of hydrazone groups is 1. The van der Waals surface area contributed by atoms with Crippen molar-refractivity contribution in [3.8, 4) is 11.5 Å². The van der Waals surface area contributed by atoms with Crippen molar-refractivity contribution in [2.24, 2.45) is 5.10 Å². The first-order valence-corrected chi connectivity index (χ1v) is 9.62. The Hall–Kier alpha value is -4.46. The molecule has 8 nitrogen and oxygen atoms in total. The van der Waals surface area contributed by atoms with Gasteiger partial charge in [0.05, 0.1) is 18.9 Å². The molecule has 0 heterocycles. The quantitative estimate of drug-likeness (QED) is 0.205. The standard InChI is InChI=1S/C24H21N3O5/c1-16-5-3-7-19(13-16)26-22(28)23(29)27-25-15-17-6-4-8-21(14-17)32-24(30)18-9-11-20(31-2)12-10-18/h3-15H,1-2H3,(H,26,28)(H,27,29)/b25-15+. The van der Waals surface area contributed by atoms with Gasteiger partial charge in [0.15, 0.2) is 0 Å². The van der Waals surface area contributed by atoms with Crippen LogP contribution in [0.4, 0.5) is 5.69 Å². The molecule has 0 saturated heterocycles. The molecule has 0 bridgehead atoms. The summed E-state index contributed by atoms with van der Waals surface area (Å²) in [5.41, 5.74) is 4.56. The zero-order valence-corrected chi connectivity index (χ0v) is 17.5. The highest BCUT2D eigenvalue weighted by atomic mass is 16.5. The van der Waals surface area contributed by atoms with Crippen LogP contribution in [-0.4, -0.2) is 31.1 Å². The van der Waals surface area contributed by atoms with Gasteiger partial charge in [0, 0.05) is 5.69 Å². The monoisotopic (exact) mass is 431 g/mol. The Balaban J connectivity index is 1.55. The Morgan fingerprint density at radius 2 is 1.62 bits per heavy atom. The number of benzene rings is 3. The van der Waals surface area contributed by atoms with Crippen molar-refractivity contribution >= 4 is 29.7 Å². The van der Waals surface area contributed by atoms with Gasteiger partial charge in [0.1, 0.15) is 11.5 Å². The number of carbonyl (C=O) groups excluding carboxylic acids is 3. The number of carbonyl (C=O) groups is 3. The summed E-state index contributed by atoms with van der Waals surface area (Å²) in [6, 6.07) is 20.2. The van der Waals surface area contributed by atoms with Gasteiger partial charge < -0.3 is 14.8 Å². The lowest BCUT2D eigenvalue weighted by molar-refractivity contribution is -0.136. The molecule has 3 rings (SSSR count). The highest BCUT2D eigenvalue weighted by molar-refractivity contribution is 6.39. The SMILES string of the molecule is COc1ccc(C(=O)Oc2cccc(/C=N/NC(=O)C(=O)Nc3cccc(C)c3)c2)cc1. The minimum atomic E-state index is -0.912. The van der Waals surface area contributed by atoms with E-state index >= 15 is 0 Å². The van der Waals surface area contributed by atoms with Gasteiger partial charge in [0.25, 0.3) is 0 Å². The van der Waals surface area contributed by atoms with Gasteiger partial charge in [0.2, 0.25) is 0 Å². The number of hydrogen-bond acceptors (Lipinski definition) is 6. The second-order valence-electron chi connectivity index (χ2n) is 6.71. The third-order valence-corrected chi connectivity index (χ3v) is 4.26. The lowest BCUT2D eigenvalue weighted by Crippen LogP contribution is -2.32. The summed E-state index contributed by atoms with van der Waals surface area (Å²) in [6.07, 6.45) is 1.34. The molecule has 2 amide bonds. The molecule has 0 saturated carbocycles. The van der Waals surface area contributed by atoms with Crippen LogP contribution >= 0.6 is 0 Å². The number of nitrogens with zero attached hydrogens (tertiary/aromatic N) is 1. The fourth-order valence-electron chi connectivity index (χ4n) is 2.68. The van der Waals surface area contributed by atoms with Crippen molar-refractivity contribution in [2.75, 3.05) is 12.4 Å². The zero-order chi connectivity index (χ0) is 22.9. The van der Waals surface area contributed by atoms with Gasteiger partial charge in [-0.15, -0.1) is 0 Å². The number of hydrogen-bond donors (Lipinski definition) is 2. The molecule has 0 aliphatic heterocycles. The molecule has 0 aromatic heterocycles. The molecule has 0 spiro atoms. The van der Waals surface area contributed by atoms with Gasteiger partial charge in [-0.25, -0.2) is 10.2 Å². The summed E-state index contributed by atoms with van der Waals surface area (Å²) in [7, 11) is 1.54. The Bertz CT molecular complexity index is 1160. The summed E-state index contributed by atoms with van der Waals surface area (Å²) in [4.78, 5) is 36.2. The zero-order valence-electron chi connectivity index (χ0n) is 17.5. The minimum absolute atomic E-state index is 0.304. The third-order valence-electron chi connectivity index (χ3n) is 4.26. The molecule has 32 heavy (non-hydrogen) atoms. The molecule has 0 unspecified atom stereocenters. The van der Waals surface area contributed by atoms with Gasteiger partial charge in [-0.1, -0.05) is 24.3 Å². The smallest absolute Gasteiger partial charge is 0.343 e. The summed E-state index contributed by atoms with van der Waals surface area (Å²) < 4.78 is 10.4. The normalized spacial score (nSPS) is 10.4. The molecule has 3 aromatic rings. The maximum Gasteiger partial charge on any atom is 0.343 e. The molecule has 162 valence electrons. The number of methoxy groups -OCH3 is 1. The Morgan fingerprint density at radius 3 is 2.34 bits per heavy atom. The van der Waals surface area contributed by atoms with Crippen molar-refractivity contribution < 1.29 is 23.9 Å². The maximum absolute atomic E-state index is 12.3. The van der Waals surface area contributed by atoms with Crippen LogP contribution in [0.5, 0.6) is 11.5 Å². The molecule has 0 radical (unpaired) electrons. The largest absolute Gasteiger partial charge is 0.497 e. The van der Waals surface area contributed by atoms with Crippen molar-refractivity contribution in [1.29, 1.82) is 0 Å². The van der Waals surface area contributed by atoms with E-state index < -0.39 is 17.8 Å². The Labute approximate surface area is 184 Å². The summed E-state index contributed by atoms with van der Waals surface area (Å²) in [5.74, 6) is -1.34. The fourth-order valence-corrected chi connectivity index (χ4v) is 2.68. The molecular formula is C24H21N3O5. The van der Waals surface area contributed by atoms with Crippen LogP contribution in [0, 0.1) is 6.92 Å². The predicted octanol–water partition coefficient (Wildman–Crippen LogP) is 3.31. The molecule has 0 fully saturated rings. The fraction of sp³-hybridized carbons (Fsp3) is 0.0833. The van der Waals surface area contributed by atoms with E-state index in [9.17, 15) is 14.4 Å². The first-order chi connectivity index (χ1) is 15.4. The lowest BCUT2D eigenvalue weighted by atomic mass is 10.2. The molecule has 0 aliphatic carbocycles. The van der Waals surface area contributed by atoms with Crippen molar-refractivity contribution in [1.82, 2.24) is 5.43 Å². The average Bonchev–Trinajstić information content (AvgIpc) is 2.79. The van der Waals surface area contributed by atoms with Crippen molar-refractivity contribution in [3.63, 3.8) is 0 Å². The van der Waals surface area contributed by atoms with Crippen LogP contribution in [0.15, 0.2) is 77.9 Å². The predicted molar refractivity (Wildman–Crippen MR) is 120 cm³/mol. The van der Waals surface area contributed by atoms with E-state index in [0.29, 0.717) is 28.3 Å². The number of rotatable bonds is 6. The van der Waals surface area contributed by atoms with Crippen LogP contribution < -0.4 is 20.2 Å². The number of amides is 2. The van der Waals surface area contributed by atoms with E-state index in [0.717, 1.165) is 5.56 Å². The van der Waals surface area contributed by atoms with Crippen LogP contribution in [0.3, 0.4) is 0 Å². The van der Waals surface area contributed by atoms with E-state index in [1.165, 1.54) is 6.21 Å². The Morgan fingerprint density at radius 1 is 0.875 bits per heavy atom. The molecule has 0 aliphatic rings. The highest BCUT2D eigenvalue weighted by Gasteiger charge is 2.13. The summed E-state index contributed by atoms with van der Waals surface area (Å²) in [6.45, 7) is 1.88. The van der Waals surface area contributed by atoms with Crippen LogP contribution in [0.2, 0.25) is 0 Å². The van der Waals surface area contributed by atoms with Crippen molar-refractivity contribution in [2.45, 2.75) is 6.92 Å². The van der Waals surface area contributed by atoms with E-state index in [1.807, 2.05) is 13.0 Å². The number of aryl methyl sites for hydroxylation is 1. The highest BCUT2D eigenvalue weighted by Crippen LogP contribution is 2.16. The minimum Gasteiger partial charge on any atom is -0.497 e. The molecular weight excluding hydrogens is 410 g/mol. The van der Waals surface area contributed by atoms with E-state index in [-0.39, 0.29) is 0 Å². The van der Waals surface area contributed by atoms with Gasteiger partial charge in [-0.05, 0) is 66.6 Å². The van der Waals surface area contributed by atoms with Gasteiger partial charge >= 0.3 is 17.8 Å². The second-order valence-corrected chi connectivity index (χ2v) is 6.71.